The first-order chi connectivity index (χ1) is 13.7. The largest absolute Gasteiger partial charge is 0.490 e. The lowest BCUT2D eigenvalue weighted by molar-refractivity contribution is -0.192. The molecule has 3 heterocycles. The Morgan fingerprint density at radius 3 is 2.48 bits per heavy atom. The third kappa shape index (κ3) is 5.30. The Morgan fingerprint density at radius 2 is 1.97 bits per heavy atom. The molecule has 162 valence electrons. The highest BCUT2D eigenvalue weighted by Gasteiger charge is 2.46. The van der Waals surface area contributed by atoms with Gasteiger partial charge in [0.25, 0.3) is 5.91 Å². The zero-order valence-corrected chi connectivity index (χ0v) is 16.1. The molecular formula is C19H25F3N2O5. The van der Waals surface area contributed by atoms with Crippen molar-refractivity contribution in [1.29, 1.82) is 0 Å². The first-order valence-corrected chi connectivity index (χ1v) is 9.59. The number of carbonyl (C=O) groups is 2. The summed E-state index contributed by atoms with van der Waals surface area (Å²) in [6.45, 7) is 4.03. The van der Waals surface area contributed by atoms with E-state index in [2.05, 4.69) is 9.80 Å². The van der Waals surface area contributed by atoms with Crippen molar-refractivity contribution < 1.29 is 37.0 Å². The molecule has 1 aromatic heterocycles. The van der Waals surface area contributed by atoms with E-state index in [0.717, 1.165) is 32.0 Å². The highest BCUT2D eigenvalue weighted by molar-refractivity contribution is 5.94. The summed E-state index contributed by atoms with van der Waals surface area (Å²) in [5.74, 6) is -1.33. The molecule has 0 aromatic carbocycles. The number of ether oxygens (including phenoxy) is 1. The van der Waals surface area contributed by atoms with Crippen LogP contribution in [0.1, 0.15) is 29.6 Å². The van der Waals surface area contributed by atoms with E-state index >= 15 is 0 Å². The molecule has 0 bridgehead atoms. The normalized spacial score (nSPS) is 27.2. The molecule has 0 spiro atoms. The molecule has 7 nitrogen and oxygen atoms in total. The standard InChI is InChI=1S/C17H24N2O3.C2HF3O2/c1-21-16-4-6-19(17(20)13-5-7-22-11-13)15-10-18(9-14(15)16)8-12-2-3-12;3-2(4,5)1(6)7/h5,7,11-12,14-16H,2-4,6,8-10H2,1H3;(H,6,7)/t14-,15+,16-;/m0./s1. The Morgan fingerprint density at radius 1 is 1.28 bits per heavy atom. The van der Waals surface area contributed by atoms with E-state index in [9.17, 15) is 18.0 Å². The number of methoxy groups -OCH3 is 1. The molecular weight excluding hydrogens is 393 g/mol. The number of alkyl halides is 3. The van der Waals surface area contributed by atoms with Crippen molar-refractivity contribution in [3.8, 4) is 0 Å². The number of aliphatic carboxylic acids is 1. The average molecular weight is 418 g/mol. The third-order valence-corrected chi connectivity index (χ3v) is 5.73. The van der Waals surface area contributed by atoms with E-state index in [0.29, 0.717) is 11.5 Å². The van der Waals surface area contributed by atoms with Gasteiger partial charge in [-0.25, -0.2) is 4.79 Å². The van der Waals surface area contributed by atoms with Gasteiger partial charge in [-0.15, -0.1) is 0 Å². The van der Waals surface area contributed by atoms with Gasteiger partial charge in [0.15, 0.2) is 0 Å². The van der Waals surface area contributed by atoms with E-state index in [1.807, 2.05) is 0 Å². The van der Waals surface area contributed by atoms with Gasteiger partial charge < -0.3 is 24.1 Å². The molecule has 3 atom stereocenters. The number of carboxylic acid groups (broad SMARTS) is 1. The highest BCUT2D eigenvalue weighted by Crippen LogP contribution is 2.36. The molecule has 29 heavy (non-hydrogen) atoms. The molecule has 3 fully saturated rings. The minimum Gasteiger partial charge on any atom is -0.475 e. The lowest BCUT2D eigenvalue weighted by Crippen LogP contribution is -2.53. The second-order valence-corrected chi connectivity index (χ2v) is 7.77. The summed E-state index contributed by atoms with van der Waals surface area (Å²) in [6, 6.07) is 2.04. The van der Waals surface area contributed by atoms with Crippen LogP contribution in [0.15, 0.2) is 23.0 Å². The first-order valence-electron chi connectivity index (χ1n) is 9.59. The Hall–Kier alpha value is -2.07. The molecule has 0 radical (unpaired) electrons. The SMILES string of the molecule is CO[C@H]1CCN(C(=O)c2ccoc2)[C@@H]2CN(CC3CC3)C[C@H]12.O=C(O)C(F)(F)F. The lowest BCUT2D eigenvalue weighted by atomic mass is 9.88. The predicted octanol–water partition coefficient (Wildman–Crippen LogP) is 2.48. The molecule has 10 heteroatoms. The van der Waals surface area contributed by atoms with Crippen LogP contribution < -0.4 is 0 Å². The summed E-state index contributed by atoms with van der Waals surface area (Å²) >= 11 is 0. The van der Waals surface area contributed by atoms with Gasteiger partial charge in [-0.2, -0.15) is 13.2 Å². The van der Waals surface area contributed by atoms with Crippen molar-refractivity contribution >= 4 is 11.9 Å². The summed E-state index contributed by atoms with van der Waals surface area (Å²) in [6.07, 6.45) is 1.99. The van der Waals surface area contributed by atoms with Gasteiger partial charge in [0.2, 0.25) is 0 Å². The van der Waals surface area contributed by atoms with Gasteiger partial charge in [-0.1, -0.05) is 0 Å². The minimum absolute atomic E-state index is 0.103. The van der Waals surface area contributed by atoms with Crippen LogP contribution in [0.4, 0.5) is 13.2 Å². The highest BCUT2D eigenvalue weighted by atomic mass is 19.4. The van der Waals surface area contributed by atoms with Crippen LogP contribution in [0, 0.1) is 11.8 Å². The smallest absolute Gasteiger partial charge is 0.475 e. The van der Waals surface area contributed by atoms with Crippen LogP contribution in [0.3, 0.4) is 0 Å². The van der Waals surface area contributed by atoms with E-state index in [1.54, 1.807) is 25.7 Å². The fraction of sp³-hybridized carbons (Fsp3) is 0.684. The Balaban J connectivity index is 0.000000298. The Kier molecular flexibility index (Phi) is 6.52. The number of furan rings is 1. The van der Waals surface area contributed by atoms with Gasteiger partial charge in [-0.05, 0) is 31.2 Å². The zero-order valence-electron chi connectivity index (χ0n) is 16.1. The number of halogens is 3. The second-order valence-electron chi connectivity index (χ2n) is 7.77. The topological polar surface area (TPSA) is 83.2 Å². The molecule has 2 saturated heterocycles. The quantitative estimate of drug-likeness (QED) is 0.809. The molecule has 1 saturated carbocycles. The van der Waals surface area contributed by atoms with Gasteiger partial charge >= 0.3 is 12.1 Å². The van der Waals surface area contributed by atoms with E-state index < -0.39 is 12.1 Å². The summed E-state index contributed by atoms with van der Waals surface area (Å²) in [5.41, 5.74) is 0.662. The summed E-state index contributed by atoms with van der Waals surface area (Å²) in [7, 11) is 1.80. The average Bonchev–Trinajstić information content (AvgIpc) is 3.15. The van der Waals surface area contributed by atoms with Crippen LogP contribution in [-0.4, -0.2) is 78.4 Å². The number of fused-ring (bicyclic) bond motifs is 1. The fourth-order valence-corrected chi connectivity index (χ4v) is 4.15. The van der Waals surface area contributed by atoms with Crippen molar-refractivity contribution in [3.05, 3.63) is 24.2 Å². The van der Waals surface area contributed by atoms with Gasteiger partial charge in [0.1, 0.15) is 6.26 Å². The molecule has 1 amide bonds. The summed E-state index contributed by atoms with van der Waals surface area (Å²) in [5, 5.41) is 7.12. The number of rotatable bonds is 4. The number of piperidine rings is 1. The molecule has 1 N–H and O–H groups in total. The number of carboxylic acids is 1. The monoisotopic (exact) mass is 418 g/mol. The van der Waals surface area contributed by atoms with E-state index in [1.165, 1.54) is 19.4 Å². The summed E-state index contributed by atoms with van der Waals surface area (Å²) < 4.78 is 42.5. The van der Waals surface area contributed by atoms with Crippen LogP contribution in [0.2, 0.25) is 0 Å². The van der Waals surface area contributed by atoms with Gasteiger partial charge in [0, 0.05) is 39.2 Å². The second kappa shape index (κ2) is 8.74. The Bertz CT molecular complexity index is 705. The zero-order chi connectivity index (χ0) is 21.2. The molecule has 4 rings (SSSR count). The van der Waals surface area contributed by atoms with Crippen LogP contribution in [0.25, 0.3) is 0 Å². The first kappa shape index (κ1) is 21.6. The number of hydrogen-bond acceptors (Lipinski definition) is 5. The van der Waals surface area contributed by atoms with E-state index in [4.69, 9.17) is 19.1 Å². The number of amides is 1. The van der Waals surface area contributed by atoms with Crippen molar-refractivity contribution in [2.45, 2.75) is 37.6 Å². The van der Waals surface area contributed by atoms with Crippen molar-refractivity contribution in [1.82, 2.24) is 9.80 Å². The maximum atomic E-state index is 12.7. The van der Waals surface area contributed by atoms with Crippen molar-refractivity contribution in [2.24, 2.45) is 11.8 Å². The van der Waals surface area contributed by atoms with Crippen LogP contribution in [0.5, 0.6) is 0 Å². The lowest BCUT2D eigenvalue weighted by Gasteiger charge is -2.41. The number of carbonyl (C=O) groups excluding carboxylic acids is 1. The third-order valence-electron chi connectivity index (χ3n) is 5.73. The maximum Gasteiger partial charge on any atom is 0.490 e. The molecule has 2 aliphatic heterocycles. The number of hydrogen-bond donors (Lipinski definition) is 1. The van der Waals surface area contributed by atoms with Crippen LogP contribution >= 0.6 is 0 Å². The maximum absolute atomic E-state index is 12.7. The van der Waals surface area contributed by atoms with Crippen molar-refractivity contribution in [3.63, 3.8) is 0 Å². The fourth-order valence-electron chi connectivity index (χ4n) is 4.15. The molecule has 1 aliphatic carbocycles. The molecule has 1 aromatic rings. The van der Waals surface area contributed by atoms with Crippen LogP contribution in [-0.2, 0) is 9.53 Å². The number of likely N-dealkylation sites (tertiary alicyclic amines) is 2. The van der Waals surface area contributed by atoms with Gasteiger partial charge in [0.05, 0.1) is 24.0 Å². The van der Waals surface area contributed by atoms with Gasteiger partial charge in [-0.3, -0.25) is 4.79 Å². The number of nitrogens with zero attached hydrogens (tertiary/aromatic N) is 2. The molecule has 3 aliphatic rings. The van der Waals surface area contributed by atoms with E-state index in [-0.39, 0.29) is 18.1 Å². The molecule has 0 unspecified atom stereocenters. The predicted molar refractivity (Wildman–Crippen MR) is 95.3 cm³/mol. The summed E-state index contributed by atoms with van der Waals surface area (Å²) in [4.78, 5) is 26.2. The Labute approximate surface area is 166 Å². The minimum atomic E-state index is -5.08. The van der Waals surface area contributed by atoms with Crippen molar-refractivity contribution in [2.75, 3.05) is 33.3 Å².